The highest BCUT2D eigenvalue weighted by molar-refractivity contribution is 7.17. The molecular formula is C20H21F2NO4S. The molecule has 0 unspecified atom stereocenters. The maximum Gasteiger partial charge on any atom is 0.341 e. The Morgan fingerprint density at radius 2 is 2.11 bits per heavy atom. The van der Waals surface area contributed by atoms with Crippen LogP contribution in [0.3, 0.4) is 0 Å². The third-order valence-electron chi connectivity index (χ3n) is 4.50. The summed E-state index contributed by atoms with van der Waals surface area (Å²) in [7, 11) is 0. The largest absolute Gasteiger partial charge is 0.481 e. The highest BCUT2D eigenvalue weighted by Crippen LogP contribution is 2.40. The van der Waals surface area contributed by atoms with Gasteiger partial charge in [0.15, 0.2) is 18.2 Å². The smallest absolute Gasteiger partial charge is 0.341 e. The van der Waals surface area contributed by atoms with Gasteiger partial charge in [-0.2, -0.15) is 0 Å². The molecule has 1 N–H and O–H groups in total. The predicted octanol–water partition coefficient (Wildman–Crippen LogP) is 4.35. The van der Waals surface area contributed by atoms with E-state index < -0.39 is 30.1 Å². The van der Waals surface area contributed by atoms with Gasteiger partial charge in [0.05, 0.1) is 12.2 Å². The number of nitrogens with one attached hydrogen (secondary N) is 1. The molecule has 3 rings (SSSR count). The first-order chi connectivity index (χ1) is 13.4. The fourth-order valence-corrected chi connectivity index (χ4v) is 4.57. The Morgan fingerprint density at radius 3 is 2.82 bits per heavy atom. The minimum Gasteiger partial charge on any atom is -0.481 e. The van der Waals surface area contributed by atoms with E-state index in [1.165, 1.54) is 11.3 Å². The molecule has 1 atom stereocenters. The second-order valence-electron chi connectivity index (χ2n) is 6.69. The number of anilines is 1. The van der Waals surface area contributed by atoms with E-state index in [-0.39, 0.29) is 12.4 Å². The first-order valence-corrected chi connectivity index (χ1v) is 9.90. The number of amides is 1. The molecule has 0 radical (unpaired) electrons. The van der Waals surface area contributed by atoms with Crippen LogP contribution in [0.1, 0.15) is 41.1 Å². The zero-order valence-electron chi connectivity index (χ0n) is 15.6. The normalized spacial score (nSPS) is 15.6. The van der Waals surface area contributed by atoms with Gasteiger partial charge in [0.1, 0.15) is 10.8 Å². The van der Waals surface area contributed by atoms with Gasteiger partial charge in [-0.25, -0.2) is 13.6 Å². The van der Waals surface area contributed by atoms with Crippen molar-refractivity contribution < 1.29 is 27.8 Å². The summed E-state index contributed by atoms with van der Waals surface area (Å²) in [6.45, 7) is 3.64. The van der Waals surface area contributed by atoms with Crippen molar-refractivity contribution in [1.82, 2.24) is 0 Å². The lowest BCUT2D eigenvalue weighted by Gasteiger charge is -2.18. The van der Waals surface area contributed by atoms with Gasteiger partial charge in [-0.1, -0.05) is 6.92 Å². The Morgan fingerprint density at radius 1 is 1.32 bits per heavy atom. The Labute approximate surface area is 165 Å². The molecule has 0 fully saturated rings. The number of halogens is 2. The standard InChI is InChI=1S/C20H21F2NO4S/c1-3-26-20(25)18-13-6-4-11(2)8-16(13)28-19(18)23-17(24)10-27-15-7-5-12(21)9-14(15)22/h5,7,9,11H,3-4,6,8,10H2,1-2H3,(H,23,24)/t11-/m1/s1. The van der Waals surface area contributed by atoms with Crippen LogP contribution in [-0.4, -0.2) is 25.1 Å². The maximum absolute atomic E-state index is 13.6. The van der Waals surface area contributed by atoms with Crippen molar-refractivity contribution in [2.45, 2.75) is 33.1 Å². The number of hydrogen-bond donors (Lipinski definition) is 1. The first kappa shape index (κ1) is 20.3. The second-order valence-corrected chi connectivity index (χ2v) is 7.79. The van der Waals surface area contributed by atoms with Crippen molar-refractivity contribution in [3.63, 3.8) is 0 Å². The number of carbonyl (C=O) groups is 2. The van der Waals surface area contributed by atoms with Gasteiger partial charge < -0.3 is 14.8 Å². The van der Waals surface area contributed by atoms with Crippen LogP contribution in [0.25, 0.3) is 0 Å². The summed E-state index contributed by atoms with van der Waals surface area (Å²) in [5.41, 5.74) is 1.33. The molecule has 1 aliphatic carbocycles. The molecule has 1 aromatic carbocycles. The van der Waals surface area contributed by atoms with Crippen LogP contribution in [0.5, 0.6) is 5.75 Å². The van der Waals surface area contributed by atoms with Crippen molar-refractivity contribution in [2.75, 3.05) is 18.5 Å². The van der Waals surface area contributed by atoms with E-state index in [0.717, 1.165) is 41.8 Å². The molecule has 8 heteroatoms. The Kier molecular flexibility index (Phi) is 6.28. The van der Waals surface area contributed by atoms with Crippen LogP contribution in [0.4, 0.5) is 13.8 Å². The van der Waals surface area contributed by atoms with E-state index in [1.807, 2.05) is 0 Å². The molecule has 1 heterocycles. The van der Waals surface area contributed by atoms with Gasteiger partial charge in [-0.05, 0) is 49.8 Å². The Bertz CT molecular complexity index is 897. The molecule has 1 aliphatic rings. The quantitative estimate of drug-likeness (QED) is 0.721. The summed E-state index contributed by atoms with van der Waals surface area (Å²) in [6.07, 6.45) is 2.57. The van der Waals surface area contributed by atoms with Crippen molar-refractivity contribution in [1.29, 1.82) is 0 Å². The van der Waals surface area contributed by atoms with Crippen molar-refractivity contribution in [3.05, 3.63) is 45.8 Å². The fourth-order valence-electron chi connectivity index (χ4n) is 3.16. The average Bonchev–Trinajstić information content (AvgIpc) is 2.97. The number of thiophene rings is 1. The molecule has 0 saturated heterocycles. The highest BCUT2D eigenvalue weighted by Gasteiger charge is 2.29. The average molecular weight is 409 g/mol. The monoisotopic (exact) mass is 409 g/mol. The number of ether oxygens (including phenoxy) is 2. The summed E-state index contributed by atoms with van der Waals surface area (Å²) in [6, 6.07) is 2.84. The molecule has 0 saturated carbocycles. The molecule has 1 aromatic heterocycles. The number of benzene rings is 1. The highest BCUT2D eigenvalue weighted by atomic mass is 32.1. The Balaban J connectivity index is 1.75. The van der Waals surface area contributed by atoms with Crippen LogP contribution >= 0.6 is 11.3 Å². The summed E-state index contributed by atoms with van der Waals surface area (Å²) in [4.78, 5) is 25.8. The number of rotatable bonds is 6. The SMILES string of the molecule is CCOC(=O)c1c(NC(=O)COc2ccc(F)cc2F)sc2c1CC[C@@H](C)C2. The van der Waals surface area contributed by atoms with Crippen LogP contribution in [0, 0.1) is 17.6 Å². The summed E-state index contributed by atoms with van der Waals surface area (Å²) >= 11 is 1.36. The lowest BCUT2D eigenvalue weighted by Crippen LogP contribution is -2.21. The third-order valence-corrected chi connectivity index (χ3v) is 5.67. The topological polar surface area (TPSA) is 64.6 Å². The maximum atomic E-state index is 13.6. The summed E-state index contributed by atoms with van der Waals surface area (Å²) < 4.78 is 36.8. The van der Waals surface area contributed by atoms with Gasteiger partial charge >= 0.3 is 5.97 Å². The second kappa shape index (κ2) is 8.68. The predicted molar refractivity (Wildman–Crippen MR) is 102 cm³/mol. The first-order valence-electron chi connectivity index (χ1n) is 9.08. The summed E-state index contributed by atoms with van der Waals surface area (Å²) in [5.74, 6) is -2.33. The van der Waals surface area contributed by atoms with Gasteiger partial charge in [0.25, 0.3) is 5.91 Å². The number of carbonyl (C=O) groups excluding carboxylic acids is 2. The van der Waals surface area contributed by atoms with Crippen LogP contribution in [-0.2, 0) is 22.4 Å². The minimum atomic E-state index is -0.888. The molecule has 0 aliphatic heterocycles. The number of fused-ring (bicyclic) bond motifs is 1. The summed E-state index contributed by atoms with van der Waals surface area (Å²) in [5, 5.41) is 3.10. The number of esters is 1. The lowest BCUT2D eigenvalue weighted by molar-refractivity contribution is -0.118. The molecule has 1 amide bonds. The van der Waals surface area contributed by atoms with Gasteiger partial charge in [-0.3, -0.25) is 4.79 Å². The van der Waals surface area contributed by atoms with E-state index in [1.54, 1.807) is 6.92 Å². The van der Waals surface area contributed by atoms with E-state index >= 15 is 0 Å². The molecule has 150 valence electrons. The van der Waals surface area contributed by atoms with E-state index in [0.29, 0.717) is 22.5 Å². The molecule has 28 heavy (non-hydrogen) atoms. The van der Waals surface area contributed by atoms with Crippen molar-refractivity contribution >= 4 is 28.2 Å². The van der Waals surface area contributed by atoms with E-state index in [9.17, 15) is 18.4 Å². The molecular weight excluding hydrogens is 388 g/mol. The van der Waals surface area contributed by atoms with Crippen LogP contribution < -0.4 is 10.1 Å². The number of hydrogen-bond acceptors (Lipinski definition) is 5. The molecule has 0 spiro atoms. The van der Waals surface area contributed by atoms with Gasteiger partial charge in [-0.15, -0.1) is 11.3 Å². The van der Waals surface area contributed by atoms with E-state index in [4.69, 9.17) is 9.47 Å². The molecule has 0 bridgehead atoms. The van der Waals surface area contributed by atoms with Crippen LogP contribution in [0.15, 0.2) is 18.2 Å². The van der Waals surface area contributed by atoms with Gasteiger partial charge in [0.2, 0.25) is 0 Å². The van der Waals surface area contributed by atoms with Crippen molar-refractivity contribution in [2.24, 2.45) is 5.92 Å². The third kappa shape index (κ3) is 4.49. The lowest BCUT2D eigenvalue weighted by atomic mass is 9.88. The minimum absolute atomic E-state index is 0.221. The van der Waals surface area contributed by atoms with E-state index in [2.05, 4.69) is 12.2 Å². The molecule has 5 nitrogen and oxygen atoms in total. The van der Waals surface area contributed by atoms with Gasteiger partial charge in [0, 0.05) is 10.9 Å². The molecule has 2 aromatic rings. The zero-order chi connectivity index (χ0) is 20.3. The Hall–Kier alpha value is -2.48. The zero-order valence-corrected chi connectivity index (χ0v) is 16.5. The van der Waals surface area contributed by atoms with Crippen LogP contribution in [0.2, 0.25) is 0 Å². The van der Waals surface area contributed by atoms with Crippen molar-refractivity contribution in [3.8, 4) is 5.75 Å². The fraction of sp³-hybridized carbons (Fsp3) is 0.400.